The number of nitrogens with one attached hydrogen (secondary N) is 1. The van der Waals surface area contributed by atoms with Gasteiger partial charge in [-0.05, 0) is 31.4 Å². The van der Waals surface area contributed by atoms with Gasteiger partial charge in [0.15, 0.2) is 0 Å². The highest BCUT2D eigenvalue weighted by Crippen LogP contribution is 2.14. The van der Waals surface area contributed by atoms with Crippen LogP contribution in [0.1, 0.15) is 45.1 Å². The number of rotatable bonds is 6. The summed E-state index contributed by atoms with van der Waals surface area (Å²) in [6, 6.07) is 3.75. The minimum absolute atomic E-state index is 0.000255. The van der Waals surface area contributed by atoms with Crippen LogP contribution in [0.4, 0.5) is 0 Å². The van der Waals surface area contributed by atoms with E-state index >= 15 is 0 Å². The molecule has 4 nitrogen and oxygen atoms in total. The molecule has 1 unspecified atom stereocenters. The van der Waals surface area contributed by atoms with Gasteiger partial charge in [-0.2, -0.15) is 0 Å². The van der Waals surface area contributed by atoms with Gasteiger partial charge < -0.3 is 11.1 Å². The highest BCUT2D eigenvalue weighted by Gasteiger charge is 2.23. The Balaban J connectivity index is 2.56. The Morgan fingerprint density at radius 3 is 2.67 bits per heavy atom. The van der Waals surface area contributed by atoms with E-state index in [1.807, 2.05) is 32.9 Å². The number of nitrogens with zero attached hydrogens (tertiary/aromatic N) is 1. The van der Waals surface area contributed by atoms with E-state index < -0.39 is 0 Å². The van der Waals surface area contributed by atoms with Gasteiger partial charge in [0, 0.05) is 24.5 Å². The third-order valence-corrected chi connectivity index (χ3v) is 3.60. The van der Waals surface area contributed by atoms with Gasteiger partial charge in [0.2, 0.25) is 5.91 Å². The maximum atomic E-state index is 12.0. The maximum absolute atomic E-state index is 12.0. The summed E-state index contributed by atoms with van der Waals surface area (Å²) < 4.78 is 0. The number of carbonyl (C=O) groups is 1. The molecule has 0 saturated heterocycles. The van der Waals surface area contributed by atoms with E-state index in [1.54, 1.807) is 12.4 Å². The van der Waals surface area contributed by atoms with Gasteiger partial charge in [-0.25, -0.2) is 0 Å². The third-order valence-electron chi connectivity index (χ3n) is 3.60. The van der Waals surface area contributed by atoms with E-state index in [1.165, 1.54) is 0 Å². The number of amides is 1. The van der Waals surface area contributed by atoms with Gasteiger partial charge in [-0.15, -0.1) is 0 Å². The summed E-state index contributed by atoms with van der Waals surface area (Å²) in [4.78, 5) is 16.1. The summed E-state index contributed by atoms with van der Waals surface area (Å²) in [5.74, 6) is -0.198. The van der Waals surface area contributed by atoms with Crippen LogP contribution >= 0.6 is 0 Å². The zero-order chi connectivity index (χ0) is 13.6. The van der Waals surface area contributed by atoms with Gasteiger partial charge in [-0.3, -0.25) is 9.78 Å². The van der Waals surface area contributed by atoms with Crippen LogP contribution in [0.3, 0.4) is 0 Å². The Bertz CT molecular complexity index is 374. The standard InChI is InChI=1S/C14H23N3O/c1-4-14(15,5-2)10-17-13(18)11(3)12-7-6-8-16-9-12/h6-9,11H,4-5,10,15H2,1-3H3,(H,17,18). The fourth-order valence-corrected chi connectivity index (χ4v) is 1.70. The number of pyridine rings is 1. The number of nitrogens with two attached hydrogens (primary N) is 1. The molecule has 0 radical (unpaired) electrons. The molecule has 1 aromatic rings. The largest absolute Gasteiger partial charge is 0.354 e. The maximum Gasteiger partial charge on any atom is 0.227 e. The van der Waals surface area contributed by atoms with E-state index in [-0.39, 0.29) is 17.4 Å². The molecule has 0 fully saturated rings. The van der Waals surface area contributed by atoms with E-state index in [9.17, 15) is 4.79 Å². The van der Waals surface area contributed by atoms with Crippen LogP contribution in [-0.2, 0) is 4.79 Å². The summed E-state index contributed by atoms with van der Waals surface area (Å²) in [6.45, 7) is 6.48. The fraction of sp³-hybridized carbons (Fsp3) is 0.571. The minimum Gasteiger partial charge on any atom is -0.354 e. The van der Waals surface area contributed by atoms with Crippen LogP contribution in [0.5, 0.6) is 0 Å². The monoisotopic (exact) mass is 249 g/mol. The zero-order valence-electron chi connectivity index (χ0n) is 11.4. The highest BCUT2D eigenvalue weighted by atomic mass is 16.1. The Labute approximate surface area is 109 Å². The lowest BCUT2D eigenvalue weighted by Gasteiger charge is -2.27. The first kappa shape index (κ1) is 14.6. The molecule has 1 rings (SSSR count). The van der Waals surface area contributed by atoms with Crippen molar-refractivity contribution in [3.05, 3.63) is 30.1 Å². The van der Waals surface area contributed by atoms with E-state index in [0.29, 0.717) is 6.54 Å². The second kappa shape index (κ2) is 6.50. The van der Waals surface area contributed by atoms with Crippen molar-refractivity contribution in [2.75, 3.05) is 6.54 Å². The van der Waals surface area contributed by atoms with Gasteiger partial charge in [0.05, 0.1) is 5.92 Å². The first-order valence-corrected chi connectivity index (χ1v) is 6.49. The topological polar surface area (TPSA) is 68.0 Å². The molecule has 0 aliphatic carbocycles. The summed E-state index contributed by atoms with van der Waals surface area (Å²) in [7, 11) is 0. The molecule has 1 atom stereocenters. The molecular weight excluding hydrogens is 226 g/mol. The first-order chi connectivity index (χ1) is 8.52. The van der Waals surface area contributed by atoms with Crippen LogP contribution in [0.15, 0.2) is 24.5 Å². The highest BCUT2D eigenvalue weighted by molar-refractivity contribution is 5.83. The molecule has 0 saturated carbocycles. The van der Waals surface area contributed by atoms with E-state index in [2.05, 4.69) is 10.3 Å². The van der Waals surface area contributed by atoms with Crippen LogP contribution in [0.25, 0.3) is 0 Å². The Hall–Kier alpha value is -1.42. The van der Waals surface area contributed by atoms with Crippen molar-refractivity contribution < 1.29 is 4.79 Å². The normalized spacial score (nSPS) is 13.1. The molecule has 1 aromatic heterocycles. The Morgan fingerprint density at radius 1 is 1.50 bits per heavy atom. The molecule has 18 heavy (non-hydrogen) atoms. The van der Waals surface area contributed by atoms with E-state index in [0.717, 1.165) is 18.4 Å². The Morgan fingerprint density at radius 2 is 2.17 bits per heavy atom. The molecule has 0 bridgehead atoms. The molecule has 1 heterocycles. The van der Waals surface area contributed by atoms with Crippen LogP contribution in [0.2, 0.25) is 0 Å². The third kappa shape index (κ3) is 3.81. The second-order valence-corrected chi connectivity index (χ2v) is 4.80. The molecule has 1 amide bonds. The summed E-state index contributed by atoms with van der Waals surface area (Å²) in [6.07, 6.45) is 5.13. The lowest BCUT2D eigenvalue weighted by Crippen LogP contribution is -2.49. The lowest BCUT2D eigenvalue weighted by atomic mass is 9.93. The summed E-state index contributed by atoms with van der Waals surface area (Å²) in [5, 5.41) is 2.93. The van der Waals surface area contributed by atoms with Crippen LogP contribution in [-0.4, -0.2) is 23.0 Å². The van der Waals surface area contributed by atoms with Gasteiger partial charge in [0.25, 0.3) is 0 Å². The molecule has 0 spiro atoms. The average molecular weight is 249 g/mol. The summed E-state index contributed by atoms with van der Waals surface area (Å²) in [5.41, 5.74) is 6.78. The van der Waals surface area contributed by atoms with Crippen molar-refractivity contribution in [3.8, 4) is 0 Å². The molecule has 0 aromatic carbocycles. The Kier molecular flexibility index (Phi) is 5.28. The van der Waals surface area contributed by atoms with Crippen molar-refractivity contribution in [3.63, 3.8) is 0 Å². The molecule has 0 aliphatic heterocycles. The quantitative estimate of drug-likeness (QED) is 0.808. The first-order valence-electron chi connectivity index (χ1n) is 6.49. The zero-order valence-corrected chi connectivity index (χ0v) is 11.4. The number of hydrogen-bond acceptors (Lipinski definition) is 3. The molecule has 3 N–H and O–H groups in total. The summed E-state index contributed by atoms with van der Waals surface area (Å²) >= 11 is 0. The second-order valence-electron chi connectivity index (χ2n) is 4.80. The van der Waals surface area contributed by atoms with Gasteiger partial charge in [-0.1, -0.05) is 19.9 Å². The number of aromatic nitrogens is 1. The van der Waals surface area contributed by atoms with Gasteiger partial charge in [0.1, 0.15) is 0 Å². The molecule has 100 valence electrons. The SMILES string of the molecule is CCC(N)(CC)CNC(=O)C(C)c1cccnc1. The lowest BCUT2D eigenvalue weighted by molar-refractivity contribution is -0.122. The molecule has 0 aliphatic rings. The number of hydrogen-bond donors (Lipinski definition) is 2. The van der Waals surface area contributed by atoms with Gasteiger partial charge >= 0.3 is 0 Å². The van der Waals surface area contributed by atoms with Crippen molar-refractivity contribution >= 4 is 5.91 Å². The average Bonchev–Trinajstić information content (AvgIpc) is 2.44. The predicted octanol–water partition coefficient (Wildman–Crippen LogP) is 1.82. The smallest absolute Gasteiger partial charge is 0.227 e. The minimum atomic E-state index is -0.301. The van der Waals surface area contributed by atoms with Crippen LogP contribution < -0.4 is 11.1 Å². The fourth-order valence-electron chi connectivity index (χ4n) is 1.70. The molecular formula is C14H23N3O. The van der Waals surface area contributed by atoms with E-state index in [4.69, 9.17) is 5.73 Å². The predicted molar refractivity (Wildman–Crippen MR) is 73.2 cm³/mol. The van der Waals surface area contributed by atoms with Crippen molar-refractivity contribution in [1.29, 1.82) is 0 Å². The van der Waals surface area contributed by atoms with Crippen LogP contribution in [0, 0.1) is 0 Å². The molecule has 4 heteroatoms. The number of carbonyl (C=O) groups excluding carboxylic acids is 1. The van der Waals surface area contributed by atoms with Crippen molar-refractivity contribution in [2.24, 2.45) is 5.73 Å². The van der Waals surface area contributed by atoms with Crippen molar-refractivity contribution in [2.45, 2.75) is 45.1 Å². The van der Waals surface area contributed by atoms with Crippen molar-refractivity contribution in [1.82, 2.24) is 10.3 Å².